The molecule has 1 fully saturated rings. The number of aromatic hydroxyl groups is 1. The summed E-state index contributed by atoms with van der Waals surface area (Å²) in [5.74, 6) is 0.279. The van der Waals surface area contributed by atoms with Crippen LogP contribution in [0.5, 0.6) is 5.75 Å². The maximum atomic E-state index is 11.7. The van der Waals surface area contributed by atoms with Gasteiger partial charge >= 0.3 is 0 Å². The van der Waals surface area contributed by atoms with Crippen LogP contribution in [0.4, 0.5) is 5.13 Å². The SMILES string of the molecule is O=C1CC(S)CN1c1nc2ccc(O)cc2s1. The minimum atomic E-state index is 0.0632. The van der Waals surface area contributed by atoms with Gasteiger partial charge in [0.05, 0.1) is 10.2 Å². The molecule has 0 radical (unpaired) electrons. The summed E-state index contributed by atoms with van der Waals surface area (Å²) in [7, 11) is 0. The molecule has 6 heteroatoms. The van der Waals surface area contributed by atoms with E-state index in [9.17, 15) is 9.90 Å². The lowest BCUT2D eigenvalue weighted by Crippen LogP contribution is -2.24. The number of hydrogen-bond acceptors (Lipinski definition) is 5. The molecule has 0 saturated carbocycles. The molecule has 1 unspecified atom stereocenters. The van der Waals surface area contributed by atoms with Crippen LogP contribution in [0.25, 0.3) is 10.2 Å². The second kappa shape index (κ2) is 3.89. The molecule has 2 aromatic rings. The van der Waals surface area contributed by atoms with Gasteiger partial charge in [-0.15, -0.1) is 0 Å². The number of aromatic nitrogens is 1. The maximum Gasteiger partial charge on any atom is 0.229 e. The van der Waals surface area contributed by atoms with E-state index in [0.29, 0.717) is 18.1 Å². The smallest absolute Gasteiger partial charge is 0.229 e. The molecule has 4 nitrogen and oxygen atoms in total. The molecule has 0 spiro atoms. The Morgan fingerprint density at radius 2 is 2.35 bits per heavy atom. The van der Waals surface area contributed by atoms with Gasteiger partial charge in [-0.1, -0.05) is 11.3 Å². The Hall–Kier alpha value is -1.27. The highest BCUT2D eigenvalue weighted by molar-refractivity contribution is 7.81. The fraction of sp³-hybridized carbons (Fsp3) is 0.273. The lowest BCUT2D eigenvalue weighted by atomic mass is 10.3. The monoisotopic (exact) mass is 266 g/mol. The highest BCUT2D eigenvalue weighted by Gasteiger charge is 2.30. The number of carbonyl (C=O) groups is 1. The number of hydrogen-bond donors (Lipinski definition) is 2. The largest absolute Gasteiger partial charge is 0.508 e. The van der Waals surface area contributed by atoms with Crippen molar-refractivity contribution in [2.45, 2.75) is 11.7 Å². The van der Waals surface area contributed by atoms with E-state index in [1.807, 2.05) is 0 Å². The first-order valence-electron chi connectivity index (χ1n) is 5.21. The lowest BCUT2D eigenvalue weighted by Gasteiger charge is -2.10. The van der Waals surface area contributed by atoms with Crippen molar-refractivity contribution in [1.29, 1.82) is 0 Å². The van der Waals surface area contributed by atoms with Crippen LogP contribution in [0.3, 0.4) is 0 Å². The predicted octanol–water partition coefficient (Wildman–Crippen LogP) is 2.04. The molecule has 1 N–H and O–H groups in total. The van der Waals surface area contributed by atoms with Crippen LogP contribution >= 0.6 is 24.0 Å². The number of phenolic OH excluding ortho intramolecular Hbond substituents is 1. The number of phenols is 1. The van der Waals surface area contributed by atoms with E-state index in [1.165, 1.54) is 11.3 Å². The zero-order valence-corrected chi connectivity index (χ0v) is 10.5. The van der Waals surface area contributed by atoms with E-state index in [0.717, 1.165) is 10.2 Å². The first-order chi connectivity index (χ1) is 8.13. The number of thiol groups is 1. The average molecular weight is 266 g/mol. The molecule has 3 rings (SSSR count). The van der Waals surface area contributed by atoms with Crippen molar-refractivity contribution >= 4 is 45.2 Å². The zero-order chi connectivity index (χ0) is 12.0. The highest BCUT2D eigenvalue weighted by atomic mass is 32.1. The number of benzene rings is 1. The standard InChI is InChI=1S/C11H10N2O2S2/c14-6-1-2-8-9(3-6)17-11(12-8)13-5-7(16)4-10(13)15/h1-3,7,14,16H,4-5H2. The quantitative estimate of drug-likeness (QED) is 0.777. The third-order valence-electron chi connectivity index (χ3n) is 2.70. The van der Waals surface area contributed by atoms with E-state index in [2.05, 4.69) is 17.6 Å². The highest BCUT2D eigenvalue weighted by Crippen LogP contribution is 2.33. The maximum absolute atomic E-state index is 11.7. The minimum Gasteiger partial charge on any atom is -0.508 e. The number of amides is 1. The van der Waals surface area contributed by atoms with Crippen LogP contribution in [0, 0.1) is 0 Å². The van der Waals surface area contributed by atoms with Crippen molar-refractivity contribution in [3.05, 3.63) is 18.2 Å². The van der Waals surface area contributed by atoms with Gasteiger partial charge in [0.2, 0.25) is 5.91 Å². The molecular weight excluding hydrogens is 256 g/mol. The Bertz CT molecular complexity index is 596. The fourth-order valence-corrected chi connectivity index (χ4v) is 3.23. The second-order valence-electron chi connectivity index (χ2n) is 4.01. The fourth-order valence-electron chi connectivity index (χ4n) is 1.89. The molecular formula is C11H10N2O2S2. The van der Waals surface area contributed by atoms with Crippen molar-refractivity contribution in [3.8, 4) is 5.75 Å². The summed E-state index contributed by atoms with van der Waals surface area (Å²) in [5, 5.41) is 10.2. The summed E-state index contributed by atoms with van der Waals surface area (Å²) in [6, 6.07) is 5.01. The van der Waals surface area contributed by atoms with Gasteiger partial charge in [-0.05, 0) is 18.2 Å². The molecule has 2 heterocycles. The van der Waals surface area contributed by atoms with Crippen LogP contribution in [0.2, 0.25) is 0 Å². The van der Waals surface area contributed by atoms with Crippen LogP contribution in [0.15, 0.2) is 18.2 Å². The molecule has 1 aromatic carbocycles. The third-order valence-corrected chi connectivity index (χ3v) is 4.08. The van der Waals surface area contributed by atoms with Gasteiger partial charge in [-0.3, -0.25) is 9.69 Å². The van der Waals surface area contributed by atoms with Crippen molar-refractivity contribution < 1.29 is 9.90 Å². The zero-order valence-electron chi connectivity index (χ0n) is 8.83. The van der Waals surface area contributed by atoms with Gasteiger partial charge in [0.15, 0.2) is 5.13 Å². The van der Waals surface area contributed by atoms with Crippen LogP contribution < -0.4 is 4.90 Å². The van der Waals surface area contributed by atoms with Crippen LogP contribution in [-0.2, 0) is 4.79 Å². The van der Waals surface area contributed by atoms with Gasteiger partial charge in [0.25, 0.3) is 0 Å². The normalized spacial score (nSPS) is 20.4. The number of rotatable bonds is 1. The first-order valence-corrected chi connectivity index (χ1v) is 6.55. The van der Waals surface area contributed by atoms with Gasteiger partial charge in [-0.25, -0.2) is 4.98 Å². The van der Waals surface area contributed by atoms with E-state index in [4.69, 9.17) is 0 Å². The molecule has 1 saturated heterocycles. The number of anilines is 1. The van der Waals surface area contributed by atoms with Crippen LogP contribution in [0.1, 0.15) is 6.42 Å². The molecule has 1 aliphatic rings. The summed E-state index contributed by atoms with van der Waals surface area (Å²) >= 11 is 5.73. The lowest BCUT2D eigenvalue weighted by molar-refractivity contribution is -0.117. The van der Waals surface area contributed by atoms with Crippen molar-refractivity contribution in [3.63, 3.8) is 0 Å². The minimum absolute atomic E-state index is 0.0632. The molecule has 0 bridgehead atoms. The summed E-state index contributed by atoms with van der Waals surface area (Å²) in [6.07, 6.45) is 0.463. The van der Waals surface area contributed by atoms with Crippen LogP contribution in [-0.4, -0.2) is 27.8 Å². The molecule has 1 atom stereocenters. The summed E-state index contributed by atoms with van der Waals surface area (Å²) in [5.41, 5.74) is 0.804. The third kappa shape index (κ3) is 1.87. The predicted molar refractivity (Wildman–Crippen MR) is 71.0 cm³/mol. The molecule has 0 aliphatic carbocycles. The first kappa shape index (κ1) is 10.9. The van der Waals surface area contributed by atoms with E-state index >= 15 is 0 Å². The number of nitrogens with zero attached hydrogens (tertiary/aromatic N) is 2. The Balaban J connectivity index is 2.03. The number of thiazole rings is 1. The molecule has 88 valence electrons. The molecule has 1 aliphatic heterocycles. The topological polar surface area (TPSA) is 53.4 Å². The number of carbonyl (C=O) groups excluding carboxylic acids is 1. The summed E-state index contributed by atoms with van der Waals surface area (Å²) < 4.78 is 0.885. The second-order valence-corrected chi connectivity index (χ2v) is 5.75. The Morgan fingerprint density at radius 1 is 1.53 bits per heavy atom. The van der Waals surface area contributed by atoms with Gasteiger partial charge in [-0.2, -0.15) is 12.6 Å². The van der Waals surface area contributed by atoms with Crippen molar-refractivity contribution in [2.75, 3.05) is 11.4 Å². The molecule has 1 aromatic heterocycles. The summed E-state index contributed by atoms with van der Waals surface area (Å²) in [6.45, 7) is 0.605. The Labute approximate surface area is 107 Å². The average Bonchev–Trinajstić information content (AvgIpc) is 2.80. The Kier molecular flexibility index (Phi) is 2.48. The van der Waals surface area contributed by atoms with Crippen molar-refractivity contribution in [2.24, 2.45) is 0 Å². The summed E-state index contributed by atoms with van der Waals surface area (Å²) in [4.78, 5) is 17.8. The Morgan fingerprint density at radius 3 is 3.06 bits per heavy atom. The van der Waals surface area contributed by atoms with Gasteiger partial charge in [0, 0.05) is 18.2 Å². The van der Waals surface area contributed by atoms with E-state index < -0.39 is 0 Å². The van der Waals surface area contributed by atoms with Crippen molar-refractivity contribution in [1.82, 2.24) is 4.98 Å². The van der Waals surface area contributed by atoms with Gasteiger partial charge < -0.3 is 5.11 Å². The van der Waals surface area contributed by atoms with E-state index in [-0.39, 0.29) is 16.9 Å². The molecule has 17 heavy (non-hydrogen) atoms. The van der Waals surface area contributed by atoms with Gasteiger partial charge in [0.1, 0.15) is 5.75 Å². The molecule has 1 amide bonds. The number of fused-ring (bicyclic) bond motifs is 1. The van der Waals surface area contributed by atoms with E-state index in [1.54, 1.807) is 23.1 Å².